The molecule has 1 unspecified atom stereocenters. The molecule has 0 saturated heterocycles. The van der Waals surface area contributed by atoms with Crippen molar-refractivity contribution in [1.29, 1.82) is 0 Å². The highest BCUT2D eigenvalue weighted by Gasteiger charge is 2.14. The molecule has 2 rings (SSSR count). The number of benzene rings is 1. The van der Waals surface area contributed by atoms with E-state index in [0.717, 1.165) is 17.5 Å². The lowest BCUT2D eigenvalue weighted by atomic mass is 10.1. The molecule has 2 aromatic rings. The van der Waals surface area contributed by atoms with Gasteiger partial charge in [0.05, 0.1) is 11.2 Å². The largest absolute Gasteiger partial charge is 0.457 e. The minimum absolute atomic E-state index is 0.104. The van der Waals surface area contributed by atoms with E-state index in [1.165, 1.54) is 12.1 Å². The molecule has 1 heterocycles. The summed E-state index contributed by atoms with van der Waals surface area (Å²) in [5.74, 6) is 0. The molecule has 0 spiro atoms. The Hall–Kier alpha value is -1.14. The third kappa shape index (κ3) is 3.00. The summed E-state index contributed by atoms with van der Waals surface area (Å²) in [6.07, 6.45) is 2.35. The fourth-order valence-electron chi connectivity index (χ4n) is 1.60. The number of hydrogen-bond acceptors (Lipinski definition) is 3. The third-order valence-electron chi connectivity index (χ3n) is 2.55. The smallest absolute Gasteiger partial charge is 0.269 e. The molecule has 4 nitrogen and oxygen atoms in total. The van der Waals surface area contributed by atoms with Crippen LogP contribution in [0.1, 0.15) is 16.0 Å². The SMILES string of the molecule is O=[N+]([O-])c1ccc(CC(Br)c2ccoc2Br)cc1. The zero-order valence-electron chi connectivity index (χ0n) is 9.18. The highest BCUT2D eigenvalue weighted by Crippen LogP contribution is 2.33. The molecule has 6 heteroatoms. The first-order valence-electron chi connectivity index (χ1n) is 5.18. The van der Waals surface area contributed by atoms with Gasteiger partial charge in [-0.1, -0.05) is 28.1 Å². The van der Waals surface area contributed by atoms with Crippen molar-refractivity contribution in [2.24, 2.45) is 0 Å². The molecule has 0 radical (unpaired) electrons. The average molecular weight is 375 g/mol. The number of nitro groups is 1. The molecule has 0 aliphatic rings. The summed E-state index contributed by atoms with van der Waals surface area (Å²) in [5, 5.41) is 10.5. The van der Waals surface area contributed by atoms with Crippen molar-refractivity contribution in [3.63, 3.8) is 0 Å². The van der Waals surface area contributed by atoms with E-state index in [9.17, 15) is 10.1 Å². The van der Waals surface area contributed by atoms with Gasteiger partial charge in [0.15, 0.2) is 4.67 Å². The number of nitrogens with zero attached hydrogens (tertiary/aromatic N) is 1. The maximum atomic E-state index is 10.5. The Morgan fingerprint density at radius 3 is 2.44 bits per heavy atom. The van der Waals surface area contributed by atoms with Crippen molar-refractivity contribution in [2.75, 3.05) is 0 Å². The van der Waals surface area contributed by atoms with Crippen LogP contribution in [-0.2, 0) is 6.42 Å². The Bertz CT molecular complexity index is 551. The Balaban J connectivity index is 2.10. The fraction of sp³-hybridized carbons (Fsp3) is 0.167. The first kappa shape index (κ1) is 13.3. The van der Waals surface area contributed by atoms with Crippen LogP contribution in [-0.4, -0.2) is 4.92 Å². The molecule has 0 fully saturated rings. The van der Waals surface area contributed by atoms with Crippen LogP contribution in [0.3, 0.4) is 0 Å². The minimum Gasteiger partial charge on any atom is -0.457 e. The number of hydrogen-bond donors (Lipinski definition) is 0. The number of halogens is 2. The summed E-state index contributed by atoms with van der Waals surface area (Å²) in [6, 6.07) is 8.44. The molecule has 18 heavy (non-hydrogen) atoms. The maximum absolute atomic E-state index is 10.5. The van der Waals surface area contributed by atoms with Crippen molar-refractivity contribution in [3.8, 4) is 0 Å². The second-order valence-corrected chi connectivity index (χ2v) is 5.57. The standard InChI is InChI=1S/C12H9Br2NO3/c13-11(10-5-6-18-12(10)14)7-8-1-3-9(4-2-8)15(16)17/h1-6,11H,7H2. The molecule has 1 aromatic carbocycles. The van der Waals surface area contributed by atoms with Crippen LogP contribution >= 0.6 is 31.9 Å². The summed E-state index contributed by atoms with van der Waals surface area (Å²) in [6.45, 7) is 0. The molecule has 0 aliphatic heterocycles. The van der Waals surface area contributed by atoms with E-state index < -0.39 is 4.92 Å². The van der Waals surface area contributed by atoms with Gasteiger partial charge in [-0.15, -0.1) is 0 Å². The molecule has 1 atom stereocenters. The van der Waals surface area contributed by atoms with Gasteiger partial charge in [0.1, 0.15) is 0 Å². The average Bonchev–Trinajstić information content (AvgIpc) is 2.76. The molecule has 0 N–H and O–H groups in total. The van der Waals surface area contributed by atoms with Gasteiger partial charge in [-0.25, -0.2) is 0 Å². The van der Waals surface area contributed by atoms with Crippen LogP contribution < -0.4 is 0 Å². The van der Waals surface area contributed by atoms with Crippen LogP contribution in [0.2, 0.25) is 0 Å². The van der Waals surface area contributed by atoms with E-state index in [1.54, 1.807) is 18.4 Å². The predicted octanol–water partition coefficient (Wildman–Crippen LogP) is 4.63. The zero-order chi connectivity index (χ0) is 13.1. The number of rotatable bonds is 4. The molecule has 0 aliphatic carbocycles. The second-order valence-electron chi connectivity index (χ2n) is 3.74. The molecule has 1 aromatic heterocycles. The lowest BCUT2D eigenvalue weighted by Gasteiger charge is -2.08. The Kier molecular flexibility index (Phi) is 4.19. The summed E-state index contributed by atoms with van der Waals surface area (Å²) in [5.41, 5.74) is 2.15. The van der Waals surface area contributed by atoms with Gasteiger partial charge in [0.25, 0.3) is 5.69 Å². The van der Waals surface area contributed by atoms with Gasteiger partial charge in [-0.05, 0) is 34.0 Å². The van der Waals surface area contributed by atoms with E-state index in [4.69, 9.17) is 4.42 Å². The van der Waals surface area contributed by atoms with Crippen LogP contribution in [0.15, 0.2) is 45.7 Å². The van der Waals surface area contributed by atoms with E-state index in [-0.39, 0.29) is 10.5 Å². The Morgan fingerprint density at radius 1 is 1.28 bits per heavy atom. The van der Waals surface area contributed by atoms with E-state index in [1.807, 2.05) is 6.07 Å². The number of non-ortho nitro benzene ring substituents is 1. The summed E-state index contributed by atoms with van der Waals surface area (Å²) >= 11 is 6.90. The molecule has 94 valence electrons. The molecule has 0 saturated carbocycles. The van der Waals surface area contributed by atoms with E-state index in [0.29, 0.717) is 4.67 Å². The van der Waals surface area contributed by atoms with Crippen molar-refractivity contribution >= 4 is 37.5 Å². The van der Waals surface area contributed by atoms with Crippen molar-refractivity contribution < 1.29 is 9.34 Å². The lowest BCUT2D eigenvalue weighted by molar-refractivity contribution is -0.384. The minimum atomic E-state index is -0.401. The Morgan fingerprint density at radius 2 is 1.94 bits per heavy atom. The third-order valence-corrected chi connectivity index (χ3v) is 4.01. The van der Waals surface area contributed by atoms with E-state index >= 15 is 0 Å². The van der Waals surface area contributed by atoms with Gasteiger partial charge in [0.2, 0.25) is 0 Å². The highest BCUT2D eigenvalue weighted by atomic mass is 79.9. The van der Waals surface area contributed by atoms with Crippen LogP contribution in [0, 0.1) is 10.1 Å². The van der Waals surface area contributed by atoms with Crippen LogP contribution in [0.5, 0.6) is 0 Å². The Labute approximate surface area is 120 Å². The number of nitro benzene ring substituents is 1. The monoisotopic (exact) mass is 373 g/mol. The number of furan rings is 1. The fourth-order valence-corrected chi connectivity index (χ4v) is 3.16. The zero-order valence-corrected chi connectivity index (χ0v) is 12.3. The second kappa shape index (κ2) is 5.67. The molecule has 0 amide bonds. The normalized spacial score (nSPS) is 12.3. The van der Waals surface area contributed by atoms with Gasteiger partial charge >= 0.3 is 0 Å². The maximum Gasteiger partial charge on any atom is 0.269 e. The molecular weight excluding hydrogens is 366 g/mol. The quantitative estimate of drug-likeness (QED) is 0.445. The first-order chi connectivity index (χ1) is 8.58. The van der Waals surface area contributed by atoms with Gasteiger partial charge in [-0.3, -0.25) is 10.1 Å². The molecule has 0 bridgehead atoms. The van der Waals surface area contributed by atoms with Gasteiger partial charge in [-0.2, -0.15) is 0 Å². The predicted molar refractivity (Wildman–Crippen MR) is 74.9 cm³/mol. The summed E-state index contributed by atoms with van der Waals surface area (Å²) in [7, 11) is 0. The highest BCUT2D eigenvalue weighted by molar-refractivity contribution is 9.10. The molecular formula is C12H9Br2NO3. The topological polar surface area (TPSA) is 56.3 Å². The number of alkyl halides is 1. The van der Waals surface area contributed by atoms with Crippen LogP contribution in [0.4, 0.5) is 5.69 Å². The lowest BCUT2D eigenvalue weighted by Crippen LogP contribution is -1.95. The van der Waals surface area contributed by atoms with Crippen molar-refractivity contribution in [2.45, 2.75) is 11.2 Å². The van der Waals surface area contributed by atoms with Crippen LogP contribution in [0.25, 0.3) is 0 Å². The summed E-state index contributed by atoms with van der Waals surface area (Å²) in [4.78, 5) is 10.2. The summed E-state index contributed by atoms with van der Waals surface area (Å²) < 4.78 is 5.87. The van der Waals surface area contributed by atoms with Crippen molar-refractivity contribution in [1.82, 2.24) is 0 Å². The van der Waals surface area contributed by atoms with Gasteiger partial charge < -0.3 is 4.42 Å². The van der Waals surface area contributed by atoms with E-state index in [2.05, 4.69) is 31.9 Å². The van der Waals surface area contributed by atoms with Gasteiger partial charge in [0, 0.05) is 22.5 Å². The van der Waals surface area contributed by atoms with Crippen molar-refractivity contribution in [3.05, 3.63) is 62.5 Å². The first-order valence-corrected chi connectivity index (χ1v) is 6.89.